The predicted octanol–water partition coefficient (Wildman–Crippen LogP) is 2.83. The average Bonchev–Trinajstić information content (AvgIpc) is 2.76. The maximum Gasteiger partial charge on any atom is 0.387 e. The van der Waals surface area contributed by atoms with Crippen LogP contribution in [0, 0.1) is 0 Å². The number of methoxy groups -OCH3 is 3. The van der Waals surface area contributed by atoms with E-state index < -0.39 is 12.6 Å². The van der Waals surface area contributed by atoms with E-state index in [4.69, 9.17) is 14.2 Å². The largest absolute Gasteiger partial charge is 0.493 e. The summed E-state index contributed by atoms with van der Waals surface area (Å²) in [5.41, 5.74) is 1.000. The number of halogens is 2. The maximum absolute atomic E-state index is 12.5. The minimum Gasteiger partial charge on any atom is -0.493 e. The zero-order valence-corrected chi connectivity index (χ0v) is 17.3. The summed E-state index contributed by atoms with van der Waals surface area (Å²) < 4.78 is 49.5. The summed E-state index contributed by atoms with van der Waals surface area (Å²) in [6.07, 6.45) is 0.382. The molecule has 1 N–H and O–H groups in total. The molecule has 0 fully saturated rings. The molecule has 2 aromatic carbocycles. The van der Waals surface area contributed by atoms with Crippen LogP contribution in [0.3, 0.4) is 0 Å². The standard InChI is InChI=1S/C21H23F2NO7/c1-27-15-6-4-13(10-18(15)31-21(22)23)8-9-24-20(26)14-5-7-16(17(11-14)28-2)30-12-19(25)29-3/h4-7,10-11,21H,8-9,12H2,1-3H3,(H,24,26). The number of benzene rings is 2. The highest BCUT2D eigenvalue weighted by molar-refractivity contribution is 5.94. The van der Waals surface area contributed by atoms with E-state index in [1.165, 1.54) is 51.7 Å². The Morgan fingerprint density at radius 2 is 1.65 bits per heavy atom. The van der Waals surface area contributed by atoms with Gasteiger partial charge < -0.3 is 29.0 Å². The summed E-state index contributed by atoms with van der Waals surface area (Å²) in [5.74, 6) is -0.238. The number of ether oxygens (including phenoxy) is 5. The molecule has 8 nitrogen and oxygen atoms in total. The normalized spacial score (nSPS) is 10.4. The third-order valence-corrected chi connectivity index (χ3v) is 4.14. The lowest BCUT2D eigenvalue weighted by Gasteiger charge is -2.13. The fraction of sp³-hybridized carbons (Fsp3) is 0.333. The van der Waals surface area contributed by atoms with Gasteiger partial charge in [0.1, 0.15) is 0 Å². The van der Waals surface area contributed by atoms with Crippen LogP contribution in [0.25, 0.3) is 0 Å². The Labute approximate surface area is 178 Å². The first kappa shape index (κ1) is 23.7. The summed E-state index contributed by atoms with van der Waals surface area (Å²) in [7, 11) is 4.01. The van der Waals surface area contributed by atoms with Crippen molar-refractivity contribution in [2.24, 2.45) is 0 Å². The molecule has 0 aromatic heterocycles. The van der Waals surface area contributed by atoms with E-state index in [0.717, 1.165) is 0 Å². The van der Waals surface area contributed by atoms with Crippen molar-refractivity contribution < 1.29 is 42.1 Å². The zero-order chi connectivity index (χ0) is 22.8. The number of hydrogen-bond acceptors (Lipinski definition) is 7. The summed E-state index contributed by atoms with van der Waals surface area (Å²) in [6.45, 7) is -3.02. The Kier molecular flexibility index (Phi) is 8.86. The van der Waals surface area contributed by atoms with Gasteiger partial charge in [-0.15, -0.1) is 0 Å². The van der Waals surface area contributed by atoms with Crippen LogP contribution in [-0.2, 0) is 16.0 Å². The molecular formula is C21H23F2NO7. The van der Waals surface area contributed by atoms with E-state index >= 15 is 0 Å². The molecule has 10 heteroatoms. The number of hydrogen-bond donors (Lipinski definition) is 1. The molecule has 0 radical (unpaired) electrons. The Morgan fingerprint density at radius 1 is 0.935 bits per heavy atom. The van der Waals surface area contributed by atoms with Gasteiger partial charge in [0.2, 0.25) is 0 Å². The van der Waals surface area contributed by atoms with Crippen molar-refractivity contribution in [1.82, 2.24) is 5.32 Å². The lowest BCUT2D eigenvalue weighted by molar-refractivity contribution is -0.142. The molecule has 31 heavy (non-hydrogen) atoms. The van der Waals surface area contributed by atoms with E-state index in [9.17, 15) is 18.4 Å². The molecule has 0 bridgehead atoms. The van der Waals surface area contributed by atoms with Crippen molar-refractivity contribution in [2.45, 2.75) is 13.0 Å². The van der Waals surface area contributed by atoms with E-state index in [-0.39, 0.29) is 42.1 Å². The Bertz CT molecular complexity index is 905. The summed E-state index contributed by atoms with van der Waals surface area (Å²) >= 11 is 0. The fourth-order valence-electron chi connectivity index (χ4n) is 2.61. The van der Waals surface area contributed by atoms with Crippen molar-refractivity contribution in [3.8, 4) is 23.0 Å². The second-order valence-electron chi connectivity index (χ2n) is 6.10. The average molecular weight is 439 g/mol. The smallest absolute Gasteiger partial charge is 0.387 e. The molecule has 0 unspecified atom stereocenters. The van der Waals surface area contributed by atoms with Crippen molar-refractivity contribution in [3.05, 3.63) is 47.5 Å². The van der Waals surface area contributed by atoms with E-state index in [2.05, 4.69) is 14.8 Å². The SMILES string of the molecule is COC(=O)COc1ccc(C(=O)NCCc2ccc(OC)c(OC(F)F)c2)cc1OC. The summed E-state index contributed by atoms with van der Waals surface area (Å²) in [4.78, 5) is 23.6. The van der Waals surface area contributed by atoms with Gasteiger partial charge >= 0.3 is 12.6 Å². The van der Waals surface area contributed by atoms with Crippen LogP contribution in [-0.4, -0.2) is 53.0 Å². The molecule has 0 aliphatic rings. The summed E-state index contributed by atoms with van der Waals surface area (Å²) in [5, 5.41) is 2.74. The molecule has 0 saturated carbocycles. The predicted molar refractivity (Wildman–Crippen MR) is 106 cm³/mol. The van der Waals surface area contributed by atoms with Crippen LogP contribution in [0.1, 0.15) is 15.9 Å². The zero-order valence-electron chi connectivity index (χ0n) is 17.3. The number of amides is 1. The van der Waals surface area contributed by atoms with Gasteiger partial charge in [-0.3, -0.25) is 4.79 Å². The number of esters is 1. The van der Waals surface area contributed by atoms with Crippen LogP contribution in [0.2, 0.25) is 0 Å². The van der Waals surface area contributed by atoms with E-state index in [1.807, 2.05) is 0 Å². The first-order valence-electron chi connectivity index (χ1n) is 9.15. The molecule has 0 heterocycles. The maximum atomic E-state index is 12.5. The Hall–Kier alpha value is -3.56. The Balaban J connectivity index is 1.97. The van der Waals surface area contributed by atoms with Gasteiger partial charge in [-0.2, -0.15) is 8.78 Å². The minimum absolute atomic E-state index is 0.0754. The molecule has 0 aliphatic carbocycles. The van der Waals surface area contributed by atoms with Gasteiger partial charge in [0.25, 0.3) is 5.91 Å². The highest BCUT2D eigenvalue weighted by atomic mass is 19.3. The number of carbonyl (C=O) groups is 2. The fourth-order valence-corrected chi connectivity index (χ4v) is 2.61. The molecular weight excluding hydrogens is 416 g/mol. The molecule has 2 rings (SSSR count). The molecule has 168 valence electrons. The van der Waals surface area contributed by atoms with Crippen LogP contribution in [0.4, 0.5) is 8.78 Å². The number of nitrogens with one attached hydrogen (secondary N) is 1. The third-order valence-electron chi connectivity index (χ3n) is 4.14. The molecule has 1 amide bonds. The van der Waals surface area contributed by atoms with Crippen molar-refractivity contribution in [3.63, 3.8) is 0 Å². The number of rotatable bonds is 11. The lowest BCUT2D eigenvalue weighted by Crippen LogP contribution is -2.25. The monoisotopic (exact) mass is 439 g/mol. The topological polar surface area (TPSA) is 92.3 Å². The quantitative estimate of drug-likeness (QED) is 0.538. The van der Waals surface area contributed by atoms with Crippen LogP contribution in [0.5, 0.6) is 23.0 Å². The van der Waals surface area contributed by atoms with Crippen molar-refractivity contribution >= 4 is 11.9 Å². The molecule has 0 saturated heterocycles. The van der Waals surface area contributed by atoms with E-state index in [0.29, 0.717) is 17.5 Å². The van der Waals surface area contributed by atoms with Crippen LogP contribution in [0.15, 0.2) is 36.4 Å². The minimum atomic E-state index is -2.97. The number of alkyl halides is 2. The van der Waals surface area contributed by atoms with Gasteiger partial charge in [0, 0.05) is 12.1 Å². The molecule has 0 atom stereocenters. The summed E-state index contributed by atoms with van der Waals surface area (Å²) in [6, 6.07) is 9.16. The van der Waals surface area contributed by atoms with Crippen molar-refractivity contribution in [1.29, 1.82) is 0 Å². The lowest BCUT2D eigenvalue weighted by atomic mass is 10.1. The Morgan fingerprint density at radius 3 is 2.29 bits per heavy atom. The third kappa shape index (κ3) is 7.02. The molecule has 0 aliphatic heterocycles. The van der Waals surface area contributed by atoms with Crippen LogP contribution >= 0.6 is 0 Å². The van der Waals surface area contributed by atoms with E-state index in [1.54, 1.807) is 6.07 Å². The highest BCUT2D eigenvalue weighted by Crippen LogP contribution is 2.30. The van der Waals surface area contributed by atoms with Gasteiger partial charge in [0.15, 0.2) is 29.6 Å². The molecule has 0 spiro atoms. The first-order chi connectivity index (χ1) is 14.9. The molecule has 2 aromatic rings. The van der Waals surface area contributed by atoms with Crippen molar-refractivity contribution in [2.75, 3.05) is 34.5 Å². The van der Waals surface area contributed by atoms with Crippen LogP contribution < -0.4 is 24.3 Å². The van der Waals surface area contributed by atoms with Gasteiger partial charge in [0.05, 0.1) is 21.3 Å². The first-order valence-corrected chi connectivity index (χ1v) is 9.15. The second kappa shape index (κ2) is 11.6. The highest BCUT2D eigenvalue weighted by Gasteiger charge is 2.14. The van der Waals surface area contributed by atoms with Gasteiger partial charge in [-0.05, 0) is 42.3 Å². The second-order valence-corrected chi connectivity index (χ2v) is 6.10. The number of carbonyl (C=O) groups excluding carboxylic acids is 2. The van der Waals surface area contributed by atoms with Gasteiger partial charge in [-0.25, -0.2) is 4.79 Å². The van der Waals surface area contributed by atoms with Gasteiger partial charge in [-0.1, -0.05) is 6.07 Å².